The number of benzene rings is 1. The van der Waals surface area contributed by atoms with Crippen LogP contribution in [0.25, 0.3) is 0 Å². The largest absolute Gasteiger partial charge is 0.362 e. The van der Waals surface area contributed by atoms with E-state index in [0.29, 0.717) is 0 Å². The number of hydrogen-bond acceptors (Lipinski definition) is 5. The third-order valence-corrected chi connectivity index (χ3v) is 4.96. The predicted molar refractivity (Wildman–Crippen MR) is 108 cm³/mol. The molecule has 5 nitrogen and oxygen atoms in total. The zero-order valence-electron chi connectivity index (χ0n) is 16.3. The Hall–Kier alpha value is -2.14. The molecule has 0 bridgehead atoms. The molecule has 0 aromatic heterocycles. The second-order valence-electron chi connectivity index (χ2n) is 7.49. The number of nitrogens with zero attached hydrogens (tertiary/aromatic N) is 5. The number of rotatable bonds is 10. The molecule has 1 aromatic carbocycles. The summed E-state index contributed by atoms with van der Waals surface area (Å²) in [7, 11) is 4.25. The van der Waals surface area contributed by atoms with Gasteiger partial charge in [-0.25, -0.2) is 0 Å². The molecule has 26 heavy (non-hydrogen) atoms. The highest BCUT2D eigenvalue weighted by Crippen LogP contribution is 2.10. The highest BCUT2D eigenvalue weighted by Gasteiger charge is 2.12. The van der Waals surface area contributed by atoms with Gasteiger partial charge in [-0.2, -0.15) is 0 Å². The summed E-state index contributed by atoms with van der Waals surface area (Å²) in [4.78, 5) is 11.9. The van der Waals surface area contributed by atoms with Crippen molar-refractivity contribution in [1.29, 1.82) is 0 Å². The molecule has 2 aliphatic rings. The van der Waals surface area contributed by atoms with E-state index in [9.17, 15) is 0 Å². The van der Waals surface area contributed by atoms with Crippen molar-refractivity contribution in [2.75, 3.05) is 53.6 Å². The summed E-state index contributed by atoms with van der Waals surface area (Å²) in [5.74, 6) is 0. The van der Waals surface area contributed by atoms with Crippen LogP contribution in [0.5, 0.6) is 0 Å². The van der Waals surface area contributed by atoms with Gasteiger partial charge in [0.15, 0.2) is 0 Å². The van der Waals surface area contributed by atoms with Gasteiger partial charge in [-0.15, -0.1) is 0 Å². The van der Waals surface area contributed by atoms with Crippen LogP contribution in [0.1, 0.15) is 18.4 Å². The van der Waals surface area contributed by atoms with Crippen molar-refractivity contribution < 1.29 is 0 Å². The molecule has 142 valence electrons. The number of hydrogen-bond donors (Lipinski definition) is 0. The summed E-state index contributed by atoms with van der Waals surface area (Å²) in [6.07, 6.45) is 11.1. The Morgan fingerprint density at radius 2 is 1.31 bits per heavy atom. The van der Waals surface area contributed by atoms with Crippen LogP contribution in [0.2, 0.25) is 0 Å². The van der Waals surface area contributed by atoms with E-state index in [-0.39, 0.29) is 0 Å². The molecule has 0 atom stereocenters. The zero-order valence-corrected chi connectivity index (χ0v) is 16.3. The van der Waals surface area contributed by atoms with Crippen LogP contribution in [0.15, 0.2) is 55.1 Å². The van der Waals surface area contributed by atoms with Crippen molar-refractivity contribution in [3.8, 4) is 0 Å². The van der Waals surface area contributed by atoms with E-state index in [2.05, 4.69) is 93.7 Å². The molecule has 3 rings (SSSR count). The lowest BCUT2D eigenvalue weighted by Crippen LogP contribution is -2.31. The average molecular weight is 356 g/mol. The van der Waals surface area contributed by atoms with E-state index in [4.69, 9.17) is 0 Å². The molecule has 0 unspecified atom stereocenters. The molecule has 0 spiro atoms. The normalized spacial score (nSPS) is 16.6. The Morgan fingerprint density at radius 1 is 0.769 bits per heavy atom. The van der Waals surface area contributed by atoms with Crippen molar-refractivity contribution in [3.05, 3.63) is 60.7 Å². The van der Waals surface area contributed by atoms with Crippen LogP contribution < -0.4 is 0 Å². The molecule has 0 aliphatic carbocycles. The fourth-order valence-electron chi connectivity index (χ4n) is 3.57. The lowest BCUT2D eigenvalue weighted by Gasteiger charge is -2.26. The molecule has 0 saturated heterocycles. The van der Waals surface area contributed by atoms with Crippen molar-refractivity contribution in [3.63, 3.8) is 0 Å². The zero-order chi connectivity index (χ0) is 18.2. The van der Waals surface area contributed by atoms with Gasteiger partial charge in [-0.1, -0.05) is 30.3 Å². The highest BCUT2D eigenvalue weighted by molar-refractivity contribution is 5.14. The second-order valence-corrected chi connectivity index (χ2v) is 7.49. The monoisotopic (exact) mass is 355 g/mol. The molecular weight excluding hydrogens is 322 g/mol. The maximum Gasteiger partial charge on any atom is 0.0890 e. The summed E-state index contributed by atoms with van der Waals surface area (Å²) in [6.45, 7) is 7.66. The fourth-order valence-corrected chi connectivity index (χ4v) is 3.57. The smallest absolute Gasteiger partial charge is 0.0890 e. The van der Waals surface area contributed by atoms with Gasteiger partial charge in [-0.3, -0.25) is 4.90 Å². The van der Waals surface area contributed by atoms with E-state index < -0.39 is 0 Å². The molecule has 5 heteroatoms. The lowest BCUT2D eigenvalue weighted by atomic mass is 10.2. The van der Waals surface area contributed by atoms with E-state index in [1.165, 1.54) is 18.4 Å². The molecule has 0 fully saturated rings. The first-order valence-electron chi connectivity index (χ1n) is 9.70. The quantitative estimate of drug-likeness (QED) is 0.639. The standard InChI is InChI=1S/C21H33N5/c1-22-14-16-25(19-22)12-6-10-24(18-21-8-4-3-5-9-21)11-7-13-26-17-15-23(2)20-26/h3-5,8-9,14-17H,6-7,10-13,18-20H2,1-2H3. The third kappa shape index (κ3) is 5.99. The van der Waals surface area contributed by atoms with Gasteiger partial charge in [0.1, 0.15) is 0 Å². The van der Waals surface area contributed by atoms with Crippen molar-refractivity contribution >= 4 is 0 Å². The van der Waals surface area contributed by atoms with Crippen molar-refractivity contribution in [2.45, 2.75) is 19.4 Å². The SMILES string of the molecule is CN1C=CN(CCCN(CCCN2C=CN(C)C2)Cc2ccccc2)C1. The molecule has 2 heterocycles. The summed E-state index contributed by atoms with van der Waals surface area (Å²) >= 11 is 0. The fraction of sp³-hybridized carbons (Fsp3) is 0.524. The lowest BCUT2D eigenvalue weighted by molar-refractivity contribution is 0.218. The minimum Gasteiger partial charge on any atom is -0.362 e. The maximum absolute atomic E-state index is 2.61. The second kappa shape index (κ2) is 9.53. The van der Waals surface area contributed by atoms with Crippen LogP contribution >= 0.6 is 0 Å². The molecule has 0 radical (unpaired) electrons. The topological polar surface area (TPSA) is 16.2 Å². The first kappa shape index (κ1) is 18.6. The van der Waals surface area contributed by atoms with Crippen LogP contribution in [-0.4, -0.2) is 78.1 Å². The van der Waals surface area contributed by atoms with E-state index in [1.54, 1.807) is 0 Å². The average Bonchev–Trinajstić information content (AvgIpc) is 3.24. The summed E-state index contributed by atoms with van der Waals surface area (Å²) in [5.41, 5.74) is 1.41. The van der Waals surface area contributed by atoms with Gasteiger partial charge in [0.25, 0.3) is 0 Å². The van der Waals surface area contributed by atoms with Gasteiger partial charge in [0.2, 0.25) is 0 Å². The predicted octanol–water partition coefficient (Wildman–Crippen LogP) is 2.62. The van der Waals surface area contributed by atoms with Crippen molar-refractivity contribution in [1.82, 2.24) is 24.5 Å². The summed E-state index contributed by atoms with van der Waals surface area (Å²) < 4.78 is 0. The molecular formula is C21H33N5. The third-order valence-electron chi connectivity index (χ3n) is 4.96. The molecule has 1 aromatic rings. The van der Waals surface area contributed by atoms with Gasteiger partial charge in [-0.05, 0) is 18.4 Å². The Kier molecular flexibility index (Phi) is 6.83. The van der Waals surface area contributed by atoms with E-state index >= 15 is 0 Å². The molecule has 0 amide bonds. The van der Waals surface area contributed by atoms with Crippen LogP contribution in [0, 0.1) is 0 Å². The first-order chi connectivity index (χ1) is 12.7. The Morgan fingerprint density at radius 3 is 1.77 bits per heavy atom. The van der Waals surface area contributed by atoms with Gasteiger partial charge in [0.05, 0.1) is 13.3 Å². The van der Waals surface area contributed by atoms with Gasteiger partial charge < -0.3 is 19.6 Å². The van der Waals surface area contributed by atoms with Gasteiger partial charge in [0, 0.05) is 71.6 Å². The minimum atomic E-state index is 1.02. The van der Waals surface area contributed by atoms with E-state index in [0.717, 1.165) is 46.1 Å². The van der Waals surface area contributed by atoms with Crippen molar-refractivity contribution in [2.24, 2.45) is 0 Å². The van der Waals surface area contributed by atoms with E-state index in [1.807, 2.05) is 0 Å². The molecule has 0 N–H and O–H groups in total. The summed E-state index contributed by atoms with van der Waals surface area (Å²) in [6, 6.07) is 10.9. The first-order valence-corrected chi connectivity index (χ1v) is 9.70. The van der Waals surface area contributed by atoms with Crippen LogP contribution in [-0.2, 0) is 6.54 Å². The van der Waals surface area contributed by atoms with Gasteiger partial charge >= 0.3 is 0 Å². The Labute approximate surface area is 158 Å². The minimum absolute atomic E-state index is 1.02. The van der Waals surface area contributed by atoms with Crippen LogP contribution in [0.4, 0.5) is 0 Å². The Bertz CT molecular complexity index is 553. The highest BCUT2D eigenvalue weighted by atomic mass is 15.3. The maximum atomic E-state index is 2.61. The molecule has 2 aliphatic heterocycles. The Balaban J connectivity index is 1.43. The molecule has 0 saturated carbocycles. The summed E-state index contributed by atoms with van der Waals surface area (Å²) in [5, 5.41) is 0. The van der Waals surface area contributed by atoms with Crippen LogP contribution in [0.3, 0.4) is 0 Å².